The number of hydrogen-bond donors (Lipinski definition) is 1. The molecular weight excluding hydrogens is 388 g/mol. The van der Waals surface area contributed by atoms with E-state index in [1.54, 1.807) is 25.7 Å². The number of sulfonamides is 1. The summed E-state index contributed by atoms with van der Waals surface area (Å²) >= 11 is 0. The molecule has 1 spiro atoms. The molecule has 6 nitrogen and oxygen atoms in total. The molecule has 1 N–H and O–H groups in total. The van der Waals surface area contributed by atoms with Crippen molar-refractivity contribution in [2.45, 2.75) is 70.8 Å². The number of amides is 1. The van der Waals surface area contributed by atoms with E-state index in [9.17, 15) is 13.2 Å². The first kappa shape index (κ1) is 22.1. The van der Waals surface area contributed by atoms with Gasteiger partial charge in [-0.15, -0.1) is 0 Å². The molecular formula is C22H34N2O4S. The summed E-state index contributed by atoms with van der Waals surface area (Å²) < 4.78 is 33.1. The summed E-state index contributed by atoms with van der Waals surface area (Å²) in [6.45, 7) is 8.85. The lowest BCUT2D eigenvalue weighted by Gasteiger charge is -2.43. The molecule has 0 bridgehead atoms. The number of carbonyl (C=O) groups is 1. The van der Waals surface area contributed by atoms with Crippen LogP contribution in [0.4, 0.5) is 4.79 Å². The van der Waals surface area contributed by atoms with E-state index >= 15 is 0 Å². The van der Waals surface area contributed by atoms with Crippen molar-refractivity contribution in [1.29, 1.82) is 0 Å². The zero-order valence-corrected chi connectivity index (χ0v) is 18.8. The second-order valence-electron chi connectivity index (χ2n) is 9.72. The minimum atomic E-state index is -3.40. The number of hydrogen-bond acceptors (Lipinski definition) is 4. The number of rotatable bonds is 4. The molecule has 0 unspecified atom stereocenters. The van der Waals surface area contributed by atoms with Crippen LogP contribution in [-0.2, 0) is 21.4 Å². The lowest BCUT2D eigenvalue weighted by atomic mass is 9.74. The highest BCUT2D eigenvalue weighted by molar-refractivity contribution is 7.90. The summed E-state index contributed by atoms with van der Waals surface area (Å²) in [6, 6.07) is 9.59. The highest BCUT2D eigenvalue weighted by Gasteiger charge is 2.50. The highest BCUT2D eigenvalue weighted by atomic mass is 32.2. The van der Waals surface area contributed by atoms with Crippen molar-refractivity contribution in [3.63, 3.8) is 0 Å². The van der Waals surface area contributed by atoms with Gasteiger partial charge < -0.3 is 9.64 Å². The van der Waals surface area contributed by atoms with Gasteiger partial charge in [0.25, 0.3) is 0 Å². The number of carbonyl (C=O) groups excluding carboxylic acids is 1. The SMILES string of the molecule is C[C@@H]1C[C@@H](NS(=O)(=O)C(C)(C)C)C2(CCN(C(=O)OCc3ccccc3)CC2)C1. The predicted molar refractivity (Wildman–Crippen MR) is 114 cm³/mol. The molecule has 1 heterocycles. The van der Waals surface area contributed by atoms with E-state index in [-0.39, 0.29) is 24.2 Å². The maximum absolute atomic E-state index is 12.7. The van der Waals surface area contributed by atoms with Gasteiger partial charge in [0.1, 0.15) is 6.61 Å². The fraction of sp³-hybridized carbons (Fsp3) is 0.682. The molecule has 0 aromatic heterocycles. The number of ether oxygens (including phenoxy) is 1. The van der Waals surface area contributed by atoms with Crippen molar-refractivity contribution in [1.82, 2.24) is 9.62 Å². The van der Waals surface area contributed by atoms with Gasteiger partial charge in [-0.2, -0.15) is 0 Å². The monoisotopic (exact) mass is 422 g/mol. The molecule has 1 saturated heterocycles. The van der Waals surface area contributed by atoms with Crippen LogP contribution in [-0.4, -0.2) is 43.3 Å². The maximum Gasteiger partial charge on any atom is 0.410 e. The Morgan fingerprint density at radius 2 is 1.83 bits per heavy atom. The van der Waals surface area contributed by atoms with Crippen molar-refractivity contribution in [3.8, 4) is 0 Å². The molecule has 1 amide bonds. The van der Waals surface area contributed by atoms with E-state index in [4.69, 9.17) is 4.74 Å². The Morgan fingerprint density at radius 3 is 2.41 bits per heavy atom. The number of piperidine rings is 1. The van der Waals surface area contributed by atoms with E-state index in [1.165, 1.54) is 0 Å². The van der Waals surface area contributed by atoms with E-state index in [2.05, 4.69) is 11.6 Å². The Kier molecular flexibility index (Phi) is 6.30. The first-order valence-corrected chi connectivity index (χ1v) is 12.0. The molecule has 1 aromatic rings. The Morgan fingerprint density at radius 1 is 1.21 bits per heavy atom. The van der Waals surface area contributed by atoms with E-state index in [0.717, 1.165) is 31.2 Å². The van der Waals surface area contributed by atoms with Crippen molar-refractivity contribution in [2.24, 2.45) is 11.3 Å². The molecule has 7 heteroatoms. The molecule has 1 saturated carbocycles. The lowest BCUT2D eigenvalue weighted by Crippen LogP contribution is -2.53. The Balaban J connectivity index is 1.60. The van der Waals surface area contributed by atoms with Crippen LogP contribution in [0.1, 0.15) is 58.9 Å². The average molecular weight is 423 g/mol. The Bertz CT molecular complexity index is 809. The third-order valence-electron chi connectivity index (χ3n) is 6.46. The second kappa shape index (κ2) is 8.26. The van der Waals surface area contributed by atoms with Crippen LogP contribution in [0.5, 0.6) is 0 Å². The number of nitrogens with one attached hydrogen (secondary N) is 1. The first-order chi connectivity index (χ1) is 13.5. The molecule has 3 rings (SSSR count). The quantitative estimate of drug-likeness (QED) is 0.798. The van der Waals surface area contributed by atoms with Gasteiger partial charge in [0.15, 0.2) is 0 Å². The van der Waals surface area contributed by atoms with Gasteiger partial charge >= 0.3 is 6.09 Å². The largest absolute Gasteiger partial charge is 0.445 e. The van der Waals surface area contributed by atoms with Gasteiger partial charge in [-0.05, 0) is 63.4 Å². The van der Waals surface area contributed by atoms with E-state index in [0.29, 0.717) is 19.0 Å². The summed E-state index contributed by atoms with van der Waals surface area (Å²) in [5.74, 6) is 0.472. The van der Waals surface area contributed by atoms with Gasteiger partial charge in [0.2, 0.25) is 10.0 Å². The third-order valence-corrected chi connectivity index (χ3v) is 8.67. The van der Waals surface area contributed by atoms with Gasteiger partial charge in [0, 0.05) is 19.1 Å². The van der Waals surface area contributed by atoms with Crippen LogP contribution < -0.4 is 4.72 Å². The summed E-state index contributed by atoms with van der Waals surface area (Å²) in [4.78, 5) is 14.2. The molecule has 2 aliphatic rings. The van der Waals surface area contributed by atoms with E-state index in [1.807, 2.05) is 30.3 Å². The van der Waals surface area contributed by atoms with Crippen LogP contribution >= 0.6 is 0 Å². The van der Waals surface area contributed by atoms with Crippen LogP contribution in [0.2, 0.25) is 0 Å². The van der Waals surface area contributed by atoms with E-state index < -0.39 is 14.8 Å². The van der Waals surface area contributed by atoms with Crippen LogP contribution in [0.3, 0.4) is 0 Å². The number of benzene rings is 1. The van der Waals surface area contributed by atoms with Crippen LogP contribution in [0.25, 0.3) is 0 Å². The normalized spacial score (nSPS) is 24.6. The smallest absolute Gasteiger partial charge is 0.410 e. The molecule has 29 heavy (non-hydrogen) atoms. The van der Waals surface area contributed by atoms with Crippen molar-refractivity contribution in [3.05, 3.63) is 35.9 Å². The lowest BCUT2D eigenvalue weighted by molar-refractivity contribution is 0.0551. The summed E-state index contributed by atoms with van der Waals surface area (Å²) in [5, 5.41) is 0. The molecule has 162 valence electrons. The summed E-state index contributed by atoms with van der Waals surface area (Å²) in [5.41, 5.74) is 0.893. The minimum absolute atomic E-state index is 0.0655. The van der Waals surface area contributed by atoms with Gasteiger partial charge in [-0.3, -0.25) is 0 Å². The average Bonchev–Trinajstić information content (AvgIpc) is 2.94. The molecule has 0 radical (unpaired) electrons. The number of nitrogens with zero attached hydrogens (tertiary/aromatic N) is 1. The van der Waals surface area contributed by atoms with Crippen molar-refractivity contribution < 1.29 is 17.9 Å². The molecule has 2 fully saturated rings. The molecule has 1 aliphatic carbocycles. The molecule has 2 atom stereocenters. The second-order valence-corrected chi connectivity index (χ2v) is 12.2. The Hall–Kier alpha value is -1.60. The van der Waals surface area contributed by atoms with Crippen LogP contribution in [0, 0.1) is 11.3 Å². The number of likely N-dealkylation sites (tertiary alicyclic amines) is 1. The maximum atomic E-state index is 12.7. The molecule has 1 aromatic carbocycles. The van der Waals surface area contributed by atoms with Crippen LogP contribution in [0.15, 0.2) is 30.3 Å². The molecule has 1 aliphatic heterocycles. The minimum Gasteiger partial charge on any atom is -0.445 e. The van der Waals surface area contributed by atoms with Gasteiger partial charge in [-0.25, -0.2) is 17.9 Å². The predicted octanol–water partition coefficient (Wildman–Crippen LogP) is 3.92. The zero-order valence-electron chi connectivity index (χ0n) is 18.0. The van der Waals surface area contributed by atoms with Gasteiger partial charge in [0.05, 0.1) is 4.75 Å². The zero-order chi connectivity index (χ0) is 21.3. The fourth-order valence-electron chi connectivity index (χ4n) is 4.61. The Labute approximate surface area is 175 Å². The van der Waals surface area contributed by atoms with Gasteiger partial charge in [-0.1, -0.05) is 37.3 Å². The fourth-order valence-corrected chi connectivity index (χ4v) is 5.68. The highest BCUT2D eigenvalue weighted by Crippen LogP contribution is 2.49. The van der Waals surface area contributed by atoms with Crippen molar-refractivity contribution >= 4 is 16.1 Å². The summed E-state index contributed by atoms with van der Waals surface area (Å²) in [7, 11) is -3.40. The topological polar surface area (TPSA) is 75.7 Å². The standard InChI is InChI=1S/C22H34N2O4S/c1-17-14-19(23-29(26,27)21(2,3)4)22(15-17)10-12-24(13-11-22)20(25)28-16-18-8-6-5-7-9-18/h5-9,17,19,23H,10-16H2,1-4H3/t17-,19-/m1/s1. The summed E-state index contributed by atoms with van der Waals surface area (Å²) in [6.07, 6.45) is 3.16. The van der Waals surface area contributed by atoms with Crippen molar-refractivity contribution in [2.75, 3.05) is 13.1 Å². The third kappa shape index (κ3) is 4.94. The first-order valence-electron chi connectivity index (χ1n) is 10.5.